The number of oxime groups is 1. The Bertz CT molecular complexity index is 521. The third-order valence-electron chi connectivity index (χ3n) is 3.91. The van der Waals surface area contributed by atoms with Gasteiger partial charge < -0.3 is 15.8 Å². The summed E-state index contributed by atoms with van der Waals surface area (Å²) in [4.78, 5) is 18.5. The number of aryl methyl sites for hydroxylation is 1. The molecule has 0 saturated carbocycles. The van der Waals surface area contributed by atoms with Crippen LogP contribution in [0.1, 0.15) is 28.4 Å². The van der Waals surface area contributed by atoms with Gasteiger partial charge in [-0.15, -0.1) is 11.3 Å². The van der Waals surface area contributed by atoms with Gasteiger partial charge in [-0.25, -0.2) is 0 Å². The van der Waals surface area contributed by atoms with Crippen LogP contribution < -0.4 is 5.73 Å². The first-order valence-corrected chi connectivity index (χ1v) is 7.98. The lowest BCUT2D eigenvalue weighted by Crippen LogP contribution is -2.54. The molecule has 21 heavy (non-hydrogen) atoms. The first-order valence-electron chi connectivity index (χ1n) is 7.16. The van der Waals surface area contributed by atoms with Crippen LogP contribution in [-0.2, 0) is 6.42 Å². The zero-order valence-corrected chi connectivity index (χ0v) is 13.3. The molecule has 0 aromatic carbocycles. The number of piperazine rings is 1. The Morgan fingerprint density at radius 3 is 2.62 bits per heavy atom. The van der Waals surface area contributed by atoms with Crippen molar-refractivity contribution < 1.29 is 10.0 Å². The fourth-order valence-corrected chi connectivity index (χ4v) is 3.34. The van der Waals surface area contributed by atoms with E-state index in [0.29, 0.717) is 13.1 Å². The van der Waals surface area contributed by atoms with E-state index in [1.165, 1.54) is 4.88 Å². The first-order chi connectivity index (χ1) is 10.1. The van der Waals surface area contributed by atoms with Crippen molar-refractivity contribution in [1.29, 1.82) is 0 Å². The topological polar surface area (TPSA) is 82.2 Å². The van der Waals surface area contributed by atoms with Crippen molar-refractivity contribution in [1.82, 2.24) is 9.80 Å². The molecule has 1 saturated heterocycles. The summed E-state index contributed by atoms with van der Waals surface area (Å²) >= 11 is 1.57. The van der Waals surface area contributed by atoms with Crippen LogP contribution in [0.3, 0.4) is 0 Å². The van der Waals surface area contributed by atoms with Crippen molar-refractivity contribution in [2.75, 3.05) is 26.2 Å². The lowest BCUT2D eigenvalue weighted by atomic mass is 10.2. The molecule has 0 aliphatic carbocycles. The lowest BCUT2D eigenvalue weighted by molar-refractivity contribution is 0.0623. The Kier molecular flexibility index (Phi) is 5.19. The summed E-state index contributed by atoms with van der Waals surface area (Å²) in [6.07, 6.45) is 0.961. The summed E-state index contributed by atoms with van der Waals surface area (Å²) in [7, 11) is 0. The van der Waals surface area contributed by atoms with Crippen LogP contribution >= 0.6 is 11.3 Å². The fourth-order valence-electron chi connectivity index (χ4n) is 2.42. The van der Waals surface area contributed by atoms with E-state index in [-0.39, 0.29) is 17.8 Å². The van der Waals surface area contributed by atoms with Crippen molar-refractivity contribution in [3.05, 3.63) is 21.9 Å². The van der Waals surface area contributed by atoms with Gasteiger partial charge in [-0.1, -0.05) is 12.1 Å². The van der Waals surface area contributed by atoms with Crippen LogP contribution in [0, 0.1) is 0 Å². The zero-order valence-electron chi connectivity index (χ0n) is 12.5. The molecule has 2 heterocycles. The molecule has 1 aromatic rings. The number of thiophene rings is 1. The average Bonchev–Trinajstić information content (AvgIpc) is 3.02. The SMILES string of the molecule is CCc1ccc(C(=O)N2CCN(C(C)C(N)=NO)CC2)s1. The number of carbonyl (C=O) groups excluding carboxylic acids is 1. The van der Waals surface area contributed by atoms with Crippen molar-refractivity contribution in [3.63, 3.8) is 0 Å². The Hall–Kier alpha value is -1.60. The van der Waals surface area contributed by atoms with Gasteiger partial charge in [0, 0.05) is 31.1 Å². The highest BCUT2D eigenvalue weighted by molar-refractivity contribution is 7.14. The van der Waals surface area contributed by atoms with E-state index >= 15 is 0 Å². The molecule has 2 rings (SSSR count). The van der Waals surface area contributed by atoms with Gasteiger partial charge in [0.15, 0.2) is 5.84 Å². The van der Waals surface area contributed by atoms with Gasteiger partial charge in [-0.3, -0.25) is 9.69 Å². The van der Waals surface area contributed by atoms with Crippen LogP contribution in [0.5, 0.6) is 0 Å². The van der Waals surface area contributed by atoms with E-state index in [4.69, 9.17) is 10.9 Å². The summed E-state index contributed by atoms with van der Waals surface area (Å²) in [5, 5.41) is 11.8. The summed E-state index contributed by atoms with van der Waals surface area (Å²) in [6, 6.07) is 3.83. The molecule has 1 atom stereocenters. The number of hydrogen-bond donors (Lipinski definition) is 2. The first kappa shape index (κ1) is 15.8. The predicted molar refractivity (Wildman–Crippen MR) is 84.0 cm³/mol. The van der Waals surface area contributed by atoms with Gasteiger partial charge >= 0.3 is 0 Å². The molecule has 1 aliphatic heterocycles. The quantitative estimate of drug-likeness (QED) is 0.379. The van der Waals surface area contributed by atoms with Crippen LogP contribution in [0.4, 0.5) is 0 Å². The molecule has 6 nitrogen and oxygen atoms in total. The van der Waals surface area contributed by atoms with Gasteiger partial charge in [0.2, 0.25) is 0 Å². The minimum Gasteiger partial charge on any atom is -0.409 e. The molecule has 3 N–H and O–H groups in total. The second-order valence-electron chi connectivity index (χ2n) is 5.15. The molecule has 1 aliphatic rings. The Labute approximate surface area is 128 Å². The van der Waals surface area contributed by atoms with Gasteiger partial charge in [0.1, 0.15) is 0 Å². The lowest BCUT2D eigenvalue weighted by Gasteiger charge is -2.37. The molecule has 1 aromatic heterocycles. The molecule has 1 unspecified atom stereocenters. The molecule has 0 bridgehead atoms. The van der Waals surface area contributed by atoms with E-state index < -0.39 is 0 Å². The van der Waals surface area contributed by atoms with Gasteiger partial charge in [0.25, 0.3) is 5.91 Å². The molecule has 1 fully saturated rings. The normalized spacial score (nSPS) is 18.8. The number of nitrogens with two attached hydrogens (primary N) is 1. The molecular formula is C14H22N4O2S. The Morgan fingerprint density at radius 2 is 2.10 bits per heavy atom. The summed E-state index contributed by atoms with van der Waals surface area (Å²) < 4.78 is 0. The van der Waals surface area contributed by atoms with E-state index in [1.54, 1.807) is 11.3 Å². The number of hydrogen-bond acceptors (Lipinski definition) is 5. The van der Waals surface area contributed by atoms with Crippen molar-refractivity contribution in [2.45, 2.75) is 26.3 Å². The minimum atomic E-state index is -0.110. The maximum absolute atomic E-state index is 12.4. The number of nitrogens with zero attached hydrogens (tertiary/aromatic N) is 3. The standard InChI is InChI=1S/C14H22N4O2S/c1-3-11-4-5-12(21-11)14(19)18-8-6-17(7-9-18)10(2)13(15)16-20/h4-5,10,20H,3,6-9H2,1-2H3,(H2,15,16). The van der Waals surface area contributed by atoms with Crippen LogP contribution in [0.25, 0.3) is 0 Å². The van der Waals surface area contributed by atoms with Crippen molar-refractivity contribution in [3.8, 4) is 0 Å². The predicted octanol–water partition coefficient (Wildman–Crippen LogP) is 1.20. The van der Waals surface area contributed by atoms with Gasteiger partial charge in [-0.05, 0) is 25.5 Å². The van der Waals surface area contributed by atoms with Crippen LogP contribution in [0.2, 0.25) is 0 Å². The monoisotopic (exact) mass is 310 g/mol. The number of amidine groups is 1. The maximum atomic E-state index is 12.4. The van der Waals surface area contributed by atoms with E-state index in [9.17, 15) is 4.79 Å². The average molecular weight is 310 g/mol. The van der Waals surface area contributed by atoms with Gasteiger partial charge in [0.05, 0.1) is 10.9 Å². The third kappa shape index (κ3) is 3.54. The number of carbonyl (C=O) groups is 1. The fraction of sp³-hybridized carbons (Fsp3) is 0.571. The van der Waals surface area contributed by atoms with Crippen LogP contribution in [-0.4, -0.2) is 59.0 Å². The molecule has 7 heteroatoms. The van der Waals surface area contributed by atoms with E-state index in [0.717, 1.165) is 24.4 Å². The highest BCUT2D eigenvalue weighted by Crippen LogP contribution is 2.20. The summed E-state index contributed by atoms with van der Waals surface area (Å²) in [5.41, 5.74) is 5.63. The minimum absolute atomic E-state index is 0.107. The van der Waals surface area contributed by atoms with E-state index in [1.807, 2.05) is 24.0 Å². The molecule has 1 amide bonds. The largest absolute Gasteiger partial charge is 0.409 e. The highest BCUT2D eigenvalue weighted by Gasteiger charge is 2.26. The van der Waals surface area contributed by atoms with Crippen molar-refractivity contribution >= 4 is 23.1 Å². The number of rotatable bonds is 4. The van der Waals surface area contributed by atoms with E-state index in [2.05, 4.69) is 17.0 Å². The Morgan fingerprint density at radius 1 is 1.43 bits per heavy atom. The van der Waals surface area contributed by atoms with Gasteiger partial charge in [-0.2, -0.15) is 0 Å². The number of amides is 1. The molecule has 116 valence electrons. The summed E-state index contributed by atoms with van der Waals surface area (Å²) in [5.74, 6) is 0.316. The third-order valence-corrected chi connectivity index (χ3v) is 5.13. The maximum Gasteiger partial charge on any atom is 0.264 e. The molecule has 0 radical (unpaired) electrons. The molecule has 0 spiro atoms. The Balaban J connectivity index is 1.93. The summed E-state index contributed by atoms with van der Waals surface area (Å²) in [6.45, 7) is 6.79. The highest BCUT2D eigenvalue weighted by atomic mass is 32.1. The second-order valence-corrected chi connectivity index (χ2v) is 6.32. The zero-order chi connectivity index (χ0) is 15.4. The second kappa shape index (κ2) is 6.91. The molecular weight excluding hydrogens is 288 g/mol. The van der Waals surface area contributed by atoms with Crippen LogP contribution in [0.15, 0.2) is 17.3 Å². The van der Waals surface area contributed by atoms with Crippen molar-refractivity contribution in [2.24, 2.45) is 10.9 Å². The smallest absolute Gasteiger partial charge is 0.264 e.